The molecular formula is C19H19FN2O5. The quantitative estimate of drug-likeness (QED) is 0.596. The van der Waals surface area contributed by atoms with Gasteiger partial charge in [0.15, 0.2) is 12.2 Å². The molecule has 0 fully saturated rings. The molecule has 0 saturated heterocycles. The molecule has 0 radical (unpaired) electrons. The molecule has 0 aliphatic carbocycles. The van der Waals surface area contributed by atoms with E-state index in [2.05, 4.69) is 10.9 Å². The molecular weight excluding hydrogens is 355 g/mol. The molecule has 0 unspecified atom stereocenters. The summed E-state index contributed by atoms with van der Waals surface area (Å²) in [7, 11) is 0. The van der Waals surface area contributed by atoms with Crippen LogP contribution in [0.5, 0.6) is 5.75 Å². The molecule has 0 aliphatic heterocycles. The minimum absolute atomic E-state index is 0.285. The first kappa shape index (κ1) is 19.9. The van der Waals surface area contributed by atoms with E-state index in [-0.39, 0.29) is 5.75 Å². The lowest BCUT2D eigenvalue weighted by atomic mass is 10.2. The van der Waals surface area contributed by atoms with Gasteiger partial charge in [-0.25, -0.2) is 9.18 Å². The van der Waals surface area contributed by atoms with Crippen LogP contribution in [-0.2, 0) is 14.3 Å². The van der Waals surface area contributed by atoms with Gasteiger partial charge in [0, 0.05) is 5.56 Å². The highest BCUT2D eigenvalue weighted by Gasteiger charge is 2.23. The maximum Gasteiger partial charge on any atom is 0.347 e. The van der Waals surface area contributed by atoms with E-state index >= 15 is 0 Å². The highest BCUT2D eigenvalue weighted by Crippen LogP contribution is 2.13. The molecule has 0 aliphatic rings. The lowest BCUT2D eigenvalue weighted by molar-refractivity contribution is -0.161. The second-order valence-corrected chi connectivity index (χ2v) is 5.60. The summed E-state index contributed by atoms with van der Waals surface area (Å²) in [4.78, 5) is 35.8. The minimum Gasteiger partial charge on any atom is -0.479 e. The Morgan fingerprint density at radius 2 is 1.52 bits per heavy atom. The molecule has 0 aromatic heterocycles. The van der Waals surface area contributed by atoms with E-state index in [0.29, 0.717) is 5.56 Å². The third kappa shape index (κ3) is 6.10. The minimum atomic E-state index is -1.16. The molecule has 2 amide bonds. The van der Waals surface area contributed by atoms with Gasteiger partial charge in [-0.05, 0) is 50.2 Å². The summed E-state index contributed by atoms with van der Waals surface area (Å²) in [5.74, 6) is -2.14. The molecule has 8 heteroatoms. The summed E-state index contributed by atoms with van der Waals surface area (Å²) >= 11 is 0. The highest BCUT2D eigenvalue weighted by molar-refractivity contribution is 5.95. The third-order valence-corrected chi connectivity index (χ3v) is 3.46. The fourth-order valence-electron chi connectivity index (χ4n) is 1.97. The molecule has 27 heavy (non-hydrogen) atoms. The molecule has 0 spiro atoms. The van der Waals surface area contributed by atoms with Gasteiger partial charge in [-0.2, -0.15) is 0 Å². The van der Waals surface area contributed by atoms with Crippen molar-refractivity contribution in [2.45, 2.75) is 26.1 Å². The summed E-state index contributed by atoms with van der Waals surface area (Å²) in [5, 5.41) is 0. The Labute approximate surface area is 155 Å². The summed E-state index contributed by atoms with van der Waals surface area (Å²) in [6, 6.07) is 13.4. The van der Waals surface area contributed by atoms with E-state index in [1.807, 2.05) is 0 Å². The molecule has 2 aromatic rings. The Kier molecular flexibility index (Phi) is 6.87. The molecule has 0 saturated carbocycles. The maximum atomic E-state index is 12.9. The number of hydrazine groups is 1. The zero-order valence-electron chi connectivity index (χ0n) is 14.8. The molecule has 0 bridgehead atoms. The predicted octanol–water partition coefficient (Wildman–Crippen LogP) is 1.99. The molecule has 2 rings (SSSR count). The number of benzene rings is 2. The SMILES string of the molecule is C[C@@H](OC(=O)[C@@H](C)Oc1ccc(F)cc1)C(=O)NNC(=O)c1ccccc1. The van der Waals surface area contributed by atoms with Gasteiger partial charge in [-0.1, -0.05) is 18.2 Å². The van der Waals surface area contributed by atoms with E-state index < -0.39 is 35.8 Å². The van der Waals surface area contributed by atoms with Crippen LogP contribution in [-0.4, -0.2) is 30.0 Å². The van der Waals surface area contributed by atoms with E-state index in [1.165, 1.54) is 38.1 Å². The van der Waals surface area contributed by atoms with E-state index in [1.54, 1.807) is 30.3 Å². The summed E-state index contributed by atoms with van der Waals surface area (Å²) in [5.41, 5.74) is 4.78. The fourth-order valence-corrected chi connectivity index (χ4v) is 1.97. The van der Waals surface area contributed by atoms with Crippen molar-refractivity contribution in [2.24, 2.45) is 0 Å². The molecule has 2 N–H and O–H groups in total. The van der Waals surface area contributed by atoms with Crippen LogP contribution in [0.2, 0.25) is 0 Å². The van der Waals surface area contributed by atoms with Crippen LogP contribution in [0.15, 0.2) is 54.6 Å². The van der Waals surface area contributed by atoms with Gasteiger partial charge in [0.2, 0.25) is 0 Å². The molecule has 2 atom stereocenters. The number of halogens is 1. The summed E-state index contributed by atoms with van der Waals surface area (Å²) in [6.45, 7) is 2.79. The fraction of sp³-hybridized carbons (Fsp3) is 0.211. The van der Waals surface area contributed by atoms with Crippen molar-refractivity contribution in [3.05, 3.63) is 66.0 Å². The lowest BCUT2D eigenvalue weighted by Crippen LogP contribution is -2.47. The second-order valence-electron chi connectivity index (χ2n) is 5.60. The summed E-state index contributed by atoms with van der Waals surface area (Å²) in [6.07, 6.45) is -2.17. The van der Waals surface area contributed by atoms with Crippen molar-refractivity contribution >= 4 is 17.8 Å². The second kappa shape index (κ2) is 9.33. The van der Waals surface area contributed by atoms with Gasteiger partial charge in [-0.15, -0.1) is 0 Å². The topological polar surface area (TPSA) is 93.7 Å². The largest absolute Gasteiger partial charge is 0.479 e. The molecule has 142 valence electrons. The van der Waals surface area contributed by atoms with Crippen LogP contribution in [0.1, 0.15) is 24.2 Å². The van der Waals surface area contributed by atoms with Crippen molar-refractivity contribution in [2.75, 3.05) is 0 Å². The number of esters is 1. The Morgan fingerprint density at radius 3 is 2.15 bits per heavy atom. The lowest BCUT2D eigenvalue weighted by Gasteiger charge is -2.18. The maximum absolute atomic E-state index is 12.9. The first-order valence-corrected chi connectivity index (χ1v) is 8.15. The Balaban J connectivity index is 1.79. The van der Waals surface area contributed by atoms with Crippen LogP contribution in [0.3, 0.4) is 0 Å². The zero-order chi connectivity index (χ0) is 19.8. The zero-order valence-corrected chi connectivity index (χ0v) is 14.8. The predicted molar refractivity (Wildman–Crippen MR) is 94.1 cm³/mol. The Morgan fingerprint density at radius 1 is 0.889 bits per heavy atom. The highest BCUT2D eigenvalue weighted by atomic mass is 19.1. The van der Waals surface area contributed by atoms with Crippen LogP contribution in [0.4, 0.5) is 4.39 Å². The average molecular weight is 374 g/mol. The van der Waals surface area contributed by atoms with Gasteiger partial charge < -0.3 is 9.47 Å². The van der Waals surface area contributed by atoms with Crippen LogP contribution >= 0.6 is 0 Å². The molecule has 2 aromatic carbocycles. The first-order valence-electron chi connectivity index (χ1n) is 8.15. The van der Waals surface area contributed by atoms with Crippen molar-refractivity contribution in [3.8, 4) is 5.75 Å². The van der Waals surface area contributed by atoms with Gasteiger partial charge in [0.05, 0.1) is 0 Å². The van der Waals surface area contributed by atoms with Crippen LogP contribution in [0.25, 0.3) is 0 Å². The molecule has 0 heterocycles. The van der Waals surface area contributed by atoms with Crippen molar-refractivity contribution < 1.29 is 28.2 Å². The number of amides is 2. The number of rotatable bonds is 6. The van der Waals surface area contributed by atoms with E-state index in [9.17, 15) is 18.8 Å². The Hall–Kier alpha value is -3.42. The number of carbonyl (C=O) groups is 3. The van der Waals surface area contributed by atoms with Gasteiger partial charge in [0.1, 0.15) is 11.6 Å². The smallest absolute Gasteiger partial charge is 0.347 e. The number of carbonyl (C=O) groups excluding carboxylic acids is 3. The van der Waals surface area contributed by atoms with Crippen LogP contribution in [0, 0.1) is 5.82 Å². The van der Waals surface area contributed by atoms with Gasteiger partial charge >= 0.3 is 5.97 Å². The third-order valence-electron chi connectivity index (χ3n) is 3.46. The normalized spacial score (nSPS) is 12.4. The monoisotopic (exact) mass is 374 g/mol. The Bertz CT molecular complexity index is 796. The van der Waals surface area contributed by atoms with Crippen molar-refractivity contribution in [1.29, 1.82) is 0 Å². The number of ether oxygens (including phenoxy) is 2. The summed E-state index contributed by atoms with van der Waals surface area (Å²) < 4.78 is 23.2. The standard InChI is InChI=1S/C19H19FN2O5/c1-12(17(23)21-22-18(24)14-6-4-3-5-7-14)27-19(25)13(2)26-16-10-8-15(20)9-11-16/h3-13H,1-2H3,(H,21,23)(H,22,24)/t12-,13-/m1/s1. The van der Waals surface area contributed by atoms with Gasteiger partial charge in [0.25, 0.3) is 11.8 Å². The van der Waals surface area contributed by atoms with E-state index in [0.717, 1.165) is 0 Å². The van der Waals surface area contributed by atoms with Crippen LogP contribution < -0.4 is 15.6 Å². The van der Waals surface area contributed by atoms with Gasteiger partial charge in [-0.3, -0.25) is 20.4 Å². The van der Waals surface area contributed by atoms with Crippen molar-refractivity contribution in [3.63, 3.8) is 0 Å². The first-order chi connectivity index (χ1) is 12.9. The average Bonchev–Trinajstić information content (AvgIpc) is 2.68. The van der Waals surface area contributed by atoms with Crippen molar-refractivity contribution in [1.82, 2.24) is 10.9 Å². The number of hydrogen-bond acceptors (Lipinski definition) is 5. The van der Waals surface area contributed by atoms with E-state index in [4.69, 9.17) is 9.47 Å². The number of nitrogens with one attached hydrogen (secondary N) is 2. The number of hydrogen-bond donors (Lipinski definition) is 2. The molecule has 7 nitrogen and oxygen atoms in total.